The van der Waals surface area contributed by atoms with E-state index in [2.05, 4.69) is 22.6 Å². The summed E-state index contributed by atoms with van der Waals surface area (Å²) >= 11 is 1.63. The minimum absolute atomic E-state index is 0.295. The van der Waals surface area contributed by atoms with Gasteiger partial charge in [-0.25, -0.2) is 4.98 Å². The van der Waals surface area contributed by atoms with Gasteiger partial charge in [-0.05, 0) is 13.3 Å². The first-order chi connectivity index (χ1) is 7.84. The third-order valence-corrected chi connectivity index (χ3v) is 3.22. The lowest BCUT2D eigenvalue weighted by Crippen LogP contribution is -2.32. The van der Waals surface area contributed by atoms with E-state index in [1.54, 1.807) is 11.3 Å². The summed E-state index contributed by atoms with van der Waals surface area (Å²) in [5.41, 5.74) is 2.95. The van der Waals surface area contributed by atoms with Gasteiger partial charge in [-0.3, -0.25) is 0 Å². The molecule has 1 N–H and O–H groups in total. The summed E-state index contributed by atoms with van der Waals surface area (Å²) in [6.45, 7) is 5.26. The van der Waals surface area contributed by atoms with Crippen LogP contribution in [0, 0.1) is 0 Å². The number of rotatable bonds is 6. The molecule has 2 atom stereocenters. The zero-order chi connectivity index (χ0) is 11.2. The highest BCUT2D eigenvalue weighted by Gasteiger charge is 2.16. The molecule has 5 heteroatoms. The number of ether oxygens (including phenoxy) is 2. The fourth-order valence-electron chi connectivity index (χ4n) is 1.59. The van der Waals surface area contributed by atoms with Gasteiger partial charge in [-0.15, -0.1) is 11.3 Å². The van der Waals surface area contributed by atoms with E-state index in [1.165, 1.54) is 0 Å². The van der Waals surface area contributed by atoms with Crippen LogP contribution in [-0.2, 0) is 16.0 Å². The predicted octanol–water partition coefficient (Wildman–Crippen LogP) is 1.43. The van der Waals surface area contributed by atoms with Crippen LogP contribution in [-0.4, -0.2) is 37.0 Å². The molecule has 0 aliphatic carbocycles. The normalized spacial score (nSPS) is 22.4. The standard InChI is InChI=1S/C11H18N2O2S/c1-9(5-15-11-2-3-14-6-11)12-4-10-7-16-8-13-10/h7-9,11-12H,2-6H2,1H3. The Morgan fingerprint density at radius 1 is 1.75 bits per heavy atom. The van der Waals surface area contributed by atoms with E-state index in [1.807, 2.05) is 5.51 Å². The molecular formula is C11H18N2O2S. The fourth-order valence-corrected chi connectivity index (χ4v) is 2.15. The van der Waals surface area contributed by atoms with Gasteiger partial charge in [0.25, 0.3) is 0 Å². The van der Waals surface area contributed by atoms with Gasteiger partial charge in [0.2, 0.25) is 0 Å². The van der Waals surface area contributed by atoms with Crippen LogP contribution < -0.4 is 5.32 Å². The lowest BCUT2D eigenvalue weighted by atomic mass is 10.3. The highest BCUT2D eigenvalue weighted by molar-refractivity contribution is 7.07. The minimum atomic E-state index is 0.295. The predicted molar refractivity (Wildman–Crippen MR) is 63.6 cm³/mol. The molecule has 0 saturated carbocycles. The molecule has 0 amide bonds. The first-order valence-electron chi connectivity index (χ1n) is 5.64. The highest BCUT2D eigenvalue weighted by Crippen LogP contribution is 2.08. The Morgan fingerprint density at radius 3 is 3.38 bits per heavy atom. The van der Waals surface area contributed by atoms with E-state index in [0.717, 1.165) is 38.5 Å². The second-order valence-corrected chi connectivity index (χ2v) is 4.80. The van der Waals surface area contributed by atoms with Gasteiger partial charge >= 0.3 is 0 Å². The molecule has 0 bridgehead atoms. The lowest BCUT2D eigenvalue weighted by molar-refractivity contribution is 0.0322. The third kappa shape index (κ3) is 3.83. The van der Waals surface area contributed by atoms with Gasteiger partial charge in [-0.1, -0.05) is 0 Å². The second-order valence-electron chi connectivity index (χ2n) is 4.08. The van der Waals surface area contributed by atoms with Crippen LogP contribution >= 0.6 is 11.3 Å². The van der Waals surface area contributed by atoms with Crippen molar-refractivity contribution < 1.29 is 9.47 Å². The van der Waals surface area contributed by atoms with Crippen LogP contribution in [0.25, 0.3) is 0 Å². The van der Waals surface area contributed by atoms with Gasteiger partial charge in [0.05, 0.1) is 30.5 Å². The highest BCUT2D eigenvalue weighted by atomic mass is 32.1. The van der Waals surface area contributed by atoms with Crippen LogP contribution in [0.5, 0.6) is 0 Å². The molecule has 1 aromatic heterocycles. The molecule has 4 nitrogen and oxygen atoms in total. The summed E-state index contributed by atoms with van der Waals surface area (Å²) in [7, 11) is 0. The van der Waals surface area contributed by atoms with Crippen molar-refractivity contribution in [1.29, 1.82) is 0 Å². The summed E-state index contributed by atoms with van der Waals surface area (Å²) in [6, 6.07) is 0.349. The Morgan fingerprint density at radius 2 is 2.69 bits per heavy atom. The van der Waals surface area contributed by atoms with Gasteiger partial charge < -0.3 is 14.8 Å². The minimum Gasteiger partial charge on any atom is -0.379 e. The maximum absolute atomic E-state index is 5.73. The van der Waals surface area contributed by atoms with E-state index in [0.29, 0.717) is 12.1 Å². The third-order valence-electron chi connectivity index (χ3n) is 2.58. The monoisotopic (exact) mass is 242 g/mol. The molecule has 2 heterocycles. The van der Waals surface area contributed by atoms with Crippen LogP contribution in [0.2, 0.25) is 0 Å². The first-order valence-corrected chi connectivity index (χ1v) is 6.58. The Hall–Kier alpha value is -0.490. The largest absolute Gasteiger partial charge is 0.379 e. The van der Waals surface area contributed by atoms with E-state index < -0.39 is 0 Å². The molecule has 16 heavy (non-hydrogen) atoms. The smallest absolute Gasteiger partial charge is 0.0831 e. The van der Waals surface area contributed by atoms with Crippen molar-refractivity contribution >= 4 is 11.3 Å². The number of nitrogens with one attached hydrogen (secondary N) is 1. The SMILES string of the molecule is CC(COC1CCOC1)NCc1cscn1. The average molecular weight is 242 g/mol. The topological polar surface area (TPSA) is 43.4 Å². The molecule has 0 spiro atoms. The van der Waals surface area contributed by atoms with E-state index in [-0.39, 0.29) is 0 Å². The van der Waals surface area contributed by atoms with Crippen molar-refractivity contribution in [2.24, 2.45) is 0 Å². The number of nitrogens with zero attached hydrogens (tertiary/aromatic N) is 1. The first kappa shape index (κ1) is 12.0. The van der Waals surface area contributed by atoms with Gasteiger partial charge in [-0.2, -0.15) is 0 Å². The fraction of sp³-hybridized carbons (Fsp3) is 0.727. The quantitative estimate of drug-likeness (QED) is 0.819. The molecule has 1 saturated heterocycles. The maximum atomic E-state index is 5.73. The maximum Gasteiger partial charge on any atom is 0.0831 e. The molecular weight excluding hydrogens is 224 g/mol. The number of hydrogen-bond acceptors (Lipinski definition) is 5. The summed E-state index contributed by atoms with van der Waals surface area (Å²) < 4.78 is 11.0. The van der Waals surface area contributed by atoms with Gasteiger partial charge in [0.1, 0.15) is 0 Å². The Balaban J connectivity index is 1.58. The average Bonchev–Trinajstić information content (AvgIpc) is 2.96. The van der Waals surface area contributed by atoms with E-state index in [4.69, 9.17) is 9.47 Å². The van der Waals surface area contributed by atoms with Gasteiger partial charge in [0.15, 0.2) is 0 Å². The Bertz CT molecular complexity index is 286. The zero-order valence-corrected chi connectivity index (χ0v) is 10.3. The summed E-state index contributed by atoms with van der Waals surface area (Å²) in [4.78, 5) is 4.22. The molecule has 1 fully saturated rings. The molecule has 2 unspecified atom stereocenters. The molecule has 1 aliphatic rings. The lowest BCUT2D eigenvalue weighted by Gasteiger charge is -2.16. The number of hydrogen-bond donors (Lipinski definition) is 1. The Kier molecular flexibility index (Phi) is 4.71. The van der Waals surface area contributed by atoms with Crippen LogP contribution in [0.15, 0.2) is 10.9 Å². The molecule has 1 aromatic rings. The molecule has 2 rings (SSSR count). The van der Waals surface area contributed by atoms with Crippen molar-refractivity contribution in [2.75, 3.05) is 19.8 Å². The zero-order valence-electron chi connectivity index (χ0n) is 9.52. The van der Waals surface area contributed by atoms with Crippen LogP contribution in [0.3, 0.4) is 0 Å². The van der Waals surface area contributed by atoms with Crippen molar-refractivity contribution in [1.82, 2.24) is 10.3 Å². The van der Waals surface area contributed by atoms with E-state index >= 15 is 0 Å². The Labute approximate surface area is 100.0 Å². The van der Waals surface area contributed by atoms with Crippen molar-refractivity contribution in [3.05, 3.63) is 16.6 Å². The molecule has 90 valence electrons. The van der Waals surface area contributed by atoms with Crippen molar-refractivity contribution in [2.45, 2.75) is 32.0 Å². The summed E-state index contributed by atoms with van der Waals surface area (Å²) in [5, 5.41) is 5.45. The van der Waals surface area contributed by atoms with Crippen molar-refractivity contribution in [3.63, 3.8) is 0 Å². The second kappa shape index (κ2) is 6.30. The van der Waals surface area contributed by atoms with Crippen LogP contribution in [0.1, 0.15) is 19.0 Å². The van der Waals surface area contributed by atoms with Gasteiger partial charge in [0, 0.05) is 24.6 Å². The molecule has 0 aromatic carbocycles. The number of aromatic nitrogens is 1. The summed E-state index contributed by atoms with van der Waals surface area (Å²) in [5.74, 6) is 0. The van der Waals surface area contributed by atoms with Crippen LogP contribution in [0.4, 0.5) is 0 Å². The number of thiazole rings is 1. The summed E-state index contributed by atoms with van der Waals surface area (Å²) in [6.07, 6.45) is 1.32. The molecule has 0 radical (unpaired) electrons. The van der Waals surface area contributed by atoms with Crippen molar-refractivity contribution in [3.8, 4) is 0 Å². The van der Waals surface area contributed by atoms with E-state index in [9.17, 15) is 0 Å². The molecule has 1 aliphatic heterocycles.